The van der Waals surface area contributed by atoms with Crippen molar-refractivity contribution in [2.45, 2.75) is 51.3 Å². The molecule has 1 rings (SSSR count). The third-order valence-corrected chi connectivity index (χ3v) is 2.80. The van der Waals surface area contributed by atoms with Gasteiger partial charge in [0.1, 0.15) is 6.04 Å². The summed E-state index contributed by atoms with van der Waals surface area (Å²) in [5, 5.41) is 14.7. The number of rotatable bonds is 3. The zero-order valence-corrected chi connectivity index (χ0v) is 9.33. The number of carbonyl (C=O) groups excluding carboxylic acids is 2. The Hall–Kier alpha value is -1.10. The van der Waals surface area contributed by atoms with Crippen molar-refractivity contribution in [2.75, 3.05) is 0 Å². The van der Waals surface area contributed by atoms with Crippen molar-refractivity contribution in [3.63, 3.8) is 0 Å². The molecule has 1 heterocycles. The molecule has 0 aromatic carbocycles. The molecule has 0 saturated carbocycles. The lowest BCUT2D eigenvalue weighted by atomic mass is 9.98. The first-order chi connectivity index (χ1) is 6.83. The van der Waals surface area contributed by atoms with Gasteiger partial charge in [0.15, 0.2) is 0 Å². The van der Waals surface area contributed by atoms with Crippen LogP contribution in [0.3, 0.4) is 0 Å². The average Bonchev–Trinajstić information content (AvgIpc) is 2.50. The normalized spacial score (nSPS) is 23.5. The largest absolute Gasteiger partial charge is 0.391 e. The van der Waals surface area contributed by atoms with E-state index in [9.17, 15) is 14.7 Å². The predicted octanol–water partition coefficient (Wildman–Crippen LogP) is -0.459. The summed E-state index contributed by atoms with van der Waals surface area (Å²) in [5.74, 6) is -0.322. The molecule has 0 aromatic rings. The van der Waals surface area contributed by atoms with Crippen molar-refractivity contribution in [1.82, 2.24) is 10.6 Å². The fraction of sp³-hybridized carbons (Fsp3) is 0.800. The molecule has 1 aliphatic rings. The molecule has 5 heteroatoms. The summed E-state index contributed by atoms with van der Waals surface area (Å²) in [5.41, 5.74) is -0.676. The number of aliphatic hydroxyl groups excluding tert-OH is 1. The lowest BCUT2D eigenvalue weighted by Gasteiger charge is -2.30. The van der Waals surface area contributed by atoms with Crippen LogP contribution in [-0.2, 0) is 9.59 Å². The molecule has 1 aliphatic heterocycles. The molecule has 86 valence electrons. The van der Waals surface area contributed by atoms with Gasteiger partial charge in [-0.05, 0) is 27.2 Å². The monoisotopic (exact) mass is 214 g/mol. The lowest BCUT2D eigenvalue weighted by Crippen LogP contribution is -2.55. The van der Waals surface area contributed by atoms with Crippen molar-refractivity contribution in [3.8, 4) is 0 Å². The van der Waals surface area contributed by atoms with Crippen LogP contribution in [0.1, 0.15) is 33.6 Å². The third kappa shape index (κ3) is 2.92. The maximum Gasteiger partial charge on any atom is 0.243 e. The van der Waals surface area contributed by atoms with Gasteiger partial charge < -0.3 is 15.7 Å². The molecular weight excluding hydrogens is 196 g/mol. The number of carbonyl (C=O) groups is 2. The number of hydrogen-bond acceptors (Lipinski definition) is 3. The predicted molar refractivity (Wildman–Crippen MR) is 55.1 cm³/mol. The van der Waals surface area contributed by atoms with E-state index in [1.165, 1.54) is 0 Å². The molecule has 0 bridgehead atoms. The second-order valence-corrected chi connectivity index (χ2v) is 4.55. The van der Waals surface area contributed by atoms with E-state index >= 15 is 0 Å². The maximum absolute atomic E-state index is 11.7. The summed E-state index contributed by atoms with van der Waals surface area (Å²) in [7, 11) is 0. The first-order valence-corrected chi connectivity index (χ1v) is 5.12. The Labute approximate surface area is 89.2 Å². The van der Waals surface area contributed by atoms with Gasteiger partial charge in [0.25, 0.3) is 0 Å². The van der Waals surface area contributed by atoms with E-state index < -0.39 is 17.7 Å². The highest BCUT2D eigenvalue weighted by Gasteiger charge is 2.32. The van der Waals surface area contributed by atoms with E-state index in [1.807, 2.05) is 0 Å². The van der Waals surface area contributed by atoms with Gasteiger partial charge in [0.2, 0.25) is 11.8 Å². The van der Waals surface area contributed by atoms with Crippen molar-refractivity contribution in [1.29, 1.82) is 0 Å². The smallest absolute Gasteiger partial charge is 0.243 e. The molecule has 15 heavy (non-hydrogen) atoms. The van der Waals surface area contributed by atoms with Gasteiger partial charge in [-0.1, -0.05) is 0 Å². The van der Waals surface area contributed by atoms with Crippen molar-refractivity contribution in [2.24, 2.45) is 0 Å². The molecule has 5 nitrogen and oxygen atoms in total. The molecule has 3 N–H and O–H groups in total. The Kier molecular flexibility index (Phi) is 3.34. The highest BCUT2D eigenvalue weighted by Crippen LogP contribution is 2.12. The summed E-state index contributed by atoms with van der Waals surface area (Å²) in [6, 6.07) is -0.449. The van der Waals surface area contributed by atoms with Gasteiger partial charge in [-0.15, -0.1) is 0 Å². The van der Waals surface area contributed by atoms with Crippen LogP contribution in [-0.4, -0.2) is 34.6 Å². The molecule has 1 saturated heterocycles. The first kappa shape index (κ1) is 12.0. The van der Waals surface area contributed by atoms with Crippen molar-refractivity contribution in [3.05, 3.63) is 0 Å². The van der Waals surface area contributed by atoms with E-state index in [4.69, 9.17) is 0 Å². The van der Waals surface area contributed by atoms with E-state index in [1.54, 1.807) is 20.8 Å². The highest BCUT2D eigenvalue weighted by molar-refractivity contribution is 5.91. The van der Waals surface area contributed by atoms with E-state index in [2.05, 4.69) is 10.6 Å². The molecule has 1 fully saturated rings. The number of aliphatic hydroxyl groups is 1. The lowest BCUT2D eigenvalue weighted by molar-refractivity contribution is -0.127. The van der Waals surface area contributed by atoms with E-state index in [-0.39, 0.29) is 11.8 Å². The minimum Gasteiger partial charge on any atom is -0.391 e. The molecule has 2 amide bonds. The molecule has 1 unspecified atom stereocenters. The van der Waals surface area contributed by atoms with Gasteiger partial charge >= 0.3 is 0 Å². The minimum atomic E-state index is -0.676. The first-order valence-electron chi connectivity index (χ1n) is 5.12. The van der Waals surface area contributed by atoms with Gasteiger partial charge in [-0.2, -0.15) is 0 Å². The van der Waals surface area contributed by atoms with Gasteiger partial charge in [-0.25, -0.2) is 0 Å². The van der Waals surface area contributed by atoms with Gasteiger partial charge in [0.05, 0.1) is 11.6 Å². The van der Waals surface area contributed by atoms with Crippen LogP contribution in [0, 0.1) is 0 Å². The van der Waals surface area contributed by atoms with Gasteiger partial charge in [0, 0.05) is 6.42 Å². The summed E-state index contributed by atoms with van der Waals surface area (Å²) in [6.07, 6.45) is 0.284. The maximum atomic E-state index is 11.7. The van der Waals surface area contributed by atoms with Crippen LogP contribution >= 0.6 is 0 Å². The Morgan fingerprint density at radius 1 is 1.67 bits per heavy atom. The standard InChI is InChI=1S/C10H18N2O3/c1-6(13)10(2,3)12-9(15)7-4-5-8(14)11-7/h6-7,13H,4-5H2,1-3H3,(H,11,14)(H,12,15)/t6?,7-/m0/s1. The average molecular weight is 214 g/mol. The molecular formula is C10H18N2O3. The Morgan fingerprint density at radius 3 is 2.67 bits per heavy atom. The number of hydrogen-bond donors (Lipinski definition) is 3. The van der Waals surface area contributed by atoms with Gasteiger partial charge in [-0.3, -0.25) is 9.59 Å². The summed E-state index contributed by atoms with van der Waals surface area (Å²) >= 11 is 0. The quantitative estimate of drug-likeness (QED) is 0.595. The minimum absolute atomic E-state index is 0.0926. The fourth-order valence-corrected chi connectivity index (χ4v) is 1.32. The van der Waals surface area contributed by atoms with Crippen LogP contribution in [0.15, 0.2) is 0 Å². The summed E-state index contributed by atoms with van der Waals surface area (Å²) in [6.45, 7) is 5.10. The van der Waals surface area contributed by atoms with Crippen LogP contribution in [0.2, 0.25) is 0 Å². The Balaban J connectivity index is 2.52. The molecule has 0 spiro atoms. The van der Waals surface area contributed by atoms with Crippen LogP contribution in [0.25, 0.3) is 0 Å². The highest BCUT2D eigenvalue weighted by atomic mass is 16.3. The van der Waals surface area contributed by atoms with E-state index in [0.29, 0.717) is 12.8 Å². The third-order valence-electron chi connectivity index (χ3n) is 2.80. The Morgan fingerprint density at radius 2 is 2.27 bits per heavy atom. The number of nitrogens with one attached hydrogen (secondary N) is 2. The van der Waals surface area contributed by atoms with E-state index in [0.717, 1.165) is 0 Å². The molecule has 2 atom stereocenters. The Bertz CT molecular complexity index is 274. The molecule has 0 radical (unpaired) electrons. The van der Waals surface area contributed by atoms with Crippen LogP contribution < -0.4 is 10.6 Å². The second-order valence-electron chi connectivity index (χ2n) is 4.55. The second kappa shape index (κ2) is 4.18. The zero-order chi connectivity index (χ0) is 11.6. The van der Waals surface area contributed by atoms with Crippen LogP contribution in [0.4, 0.5) is 0 Å². The zero-order valence-electron chi connectivity index (χ0n) is 9.33. The SMILES string of the molecule is CC(O)C(C)(C)NC(=O)[C@@H]1CCC(=O)N1. The van der Waals surface area contributed by atoms with Crippen LogP contribution in [0.5, 0.6) is 0 Å². The van der Waals surface area contributed by atoms with Crippen molar-refractivity contribution >= 4 is 11.8 Å². The number of amides is 2. The molecule has 0 aromatic heterocycles. The molecule has 0 aliphatic carbocycles. The summed E-state index contributed by atoms with van der Waals surface area (Å²) in [4.78, 5) is 22.6. The summed E-state index contributed by atoms with van der Waals surface area (Å²) < 4.78 is 0. The van der Waals surface area contributed by atoms with Crippen molar-refractivity contribution < 1.29 is 14.7 Å². The topological polar surface area (TPSA) is 78.4 Å². The fourth-order valence-electron chi connectivity index (χ4n) is 1.32.